The molecule has 14 heavy (non-hydrogen) atoms. The van der Waals surface area contributed by atoms with Gasteiger partial charge in [0.2, 0.25) is 5.91 Å². The van der Waals surface area contributed by atoms with Crippen LogP contribution in [0.4, 0.5) is 0 Å². The van der Waals surface area contributed by atoms with E-state index in [1.54, 1.807) is 4.90 Å². The summed E-state index contributed by atoms with van der Waals surface area (Å²) in [4.78, 5) is 13.3. The summed E-state index contributed by atoms with van der Waals surface area (Å²) in [7, 11) is 3.72. The molecule has 0 aromatic carbocycles. The van der Waals surface area contributed by atoms with E-state index in [0.717, 1.165) is 32.4 Å². The van der Waals surface area contributed by atoms with Gasteiger partial charge < -0.3 is 16.0 Å². The number of amides is 1. The molecular weight excluding hydrogens is 178 g/mol. The van der Waals surface area contributed by atoms with E-state index in [4.69, 9.17) is 5.73 Å². The van der Waals surface area contributed by atoms with Crippen molar-refractivity contribution >= 4 is 5.91 Å². The minimum absolute atomic E-state index is 0.0583. The number of nitrogens with zero attached hydrogens (tertiary/aromatic N) is 1. The van der Waals surface area contributed by atoms with Gasteiger partial charge in [-0.3, -0.25) is 4.79 Å². The summed E-state index contributed by atoms with van der Waals surface area (Å²) in [6.07, 6.45) is 2.70. The Morgan fingerprint density at radius 1 is 1.57 bits per heavy atom. The molecule has 0 saturated heterocycles. The van der Waals surface area contributed by atoms with Gasteiger partial charge in [0, 0.05) is 13.6 Å². The predicted octanol–water partition coefficient (Wildman–Crippen LogP) is 0.182. The van der Waals surface area contributed by atoms with Crippen molar-refractivity contribution in [2.45, 2.75) is 32.2 Å². The van der Waals surface area contributed by atoms with Gasteiger partial charge in [0.15, 0.2) is 0 Å². The zero-order valence-electron chi connectivity index (χ0n) is 9.55. The highest BCUT2D eigenvalue weighted by Crippen LogP contribution is 1.98. The molecule has 0 bridgehead atoms. The van der Waals surface area contributed by atoms with Crippen molar-refractivity contribution in [2.24, 2.45) is 5.73 Å². The molecule has 84 valence electrons. The molecule has 0 aliphatic carbocycles. The highest BCUT2D eigenvalue weighted by Gasteiger charge is 2.15. The second-order valence-electron chi connectivity index (χ2n) is 3.61. The standard InChI is InChI=1S/C10H23N3O/c1-4-6-9(11)10(14)13(3)8-5-7-12-2/h9,12H,4-8,11H2,1-3H3/t9-/m0/s1. The first-order valence-corrected chi connectivity index (χ1v) is 5.28. The summed E-state index contributed by atoms with van der Waals surface area (Å²) in [6, 6.07) is -0.320. The van der Waals surface area contributed by atoms with Gasteiger partial charge in [-0.25, -0.2) is 0 Å². The normalized spacial score (nSPS) is 12.6. The summed E-state index contributed by atoms with van der Waals surface area (Å²) in [5, 5.41) is 3.05. The van der Waals surface area contributed by atoms with E-state index in [1.165, 1.54) is 0 Å². The molecule has 0 rings (SSSR count). The zero-order chi connectivity index (χ0) is 11.0. The fourth-order valence-electron chi connectivity index (χ4n) is 1.32. The number of likely N-dealkylation sites (N-methyl/N-ethyl adjacent to an activating group) is 1. The van der Waals surface area contributed by atoms with Crippen molar-refractivity contribution in [3.05, 3.63) is 0 Å². The van der Waals surface area contributed by atoms with Gasteiger partial charge in [-0.2, -0.15) is 0 Å². The van der Waals surface area contributed by atoms with E-state index < -0.39 is 0 Å². The highest BCUT2D eigenvalue weighted by atomic mass is 16.2. The Kier molecular flexibility index (Phi) is 7.42. The van der Waals surface area contributed by atoms with E-state index in [0.29, 0.717) is 0 Å². The average Bonchev–Trinajstić information content (AvgIpc) is 2.17. The monoisotopic (exact) mass is 201 g/mol. The van der Waals surface area contributed by atoms with Crippen LogP contribution >= 0.6 is 0 Å². The van der Waals surface area contributed by atoms with Gasteiger partial charge in [0.05, 0.1) is 6.04 Å². The summed E-state index contributed by atoms with van der Waals surface area (Å²) in [6.45, 7) is 3.74. The smallest absolute Gasteiger partial charge is 0.239 e. The van der Waals surface area contributed by atoms with Crippen LogP contribution in [-0.2, 0) is 4.79 Å². The van der Waals surface area contributed by atoms with Crippen molar-refractivity contribution in [2.75, 3.05) is 27.2 Å². The first-order chi connectivity index (χ1) is 6.63. The minimum Gasteiger partial charge on any atom is -0.344 e. The Bertz CT molecular complexity index is 161. The predicted molar refractivity (Wildman–Crippen MR) is 59.1 cm³/mol. The van der Waals surface area contributed by atoms with Gasteiger partial charge in [-0.05, 0) is 26.4 Å². The fourth-order valence-corrected chi connectivity index (χ4v) is 1.32. The zero-order valence-corrected chi connectivity index (χ0v) is 9.55. The van der Waals surface area contributed by atoms with Gasteiger partial charge in [-0.15, -0.1) is 0 Å². The molecule has 1 atom stereocenters. The summed E-state index contributed by atoms with van der Waals surface area (Å²) < 4.78 is 0. The Morgan fingerprint density at radius 3 is 2.71 bits per heavy atom. The average molecular weight is 201 g/mol. The molecule has 0 fully saturated rings. The van der Waals surface area contributed by atoms with Crippen molar-refractivity contribution in [1.29, 1.82) is 0 Å². The van der Waals surface area contributed by atoms with Crippen LogP contribution in [-0.4, -0.2) is 44.0 Å². The van der Waals surface area contributed by atoms with Gasteiger partial charge >= 0.3 is 0 Å². The van der Waals surface area contributed by atoms with Crippen molar-refractivity contribution < 1.29 is 4.79 Å². The molecule has 0 aromatic rings. The molecule has 0 aliphatic rings. The lowest BCUT2D eigenvalue weighted by Crippen LogP contribution is -2.42. The van der Waals surface area contributed by atoms with E-state index >= 15 is 0 Å². The van der Waals surface area contributed by atoms with Crippen molar-refractivity contribution in [1.82, 2.24) is 10.2 Å². The minimum atomic E-state index is -0.320. The number of carbonyl (C=O) groups is 1. The lowest BCUT2D eigenvalue weighted by atomic mass is 10.1. The Labute approximate surface area is 86.8 Å². The maximum absolute atomic E-state index is 11.6. The topological polar surface area (TPSA) is 58.4 Å². The van der Waals surface area contributed by atoms with E-state index in [2.05, 4.69) is 5.32 Å². The number of hydrogen-bond acceptors (Lipinski definition) is 3. The molecule has 3 N–H and O–H groups in total. The van der Waals surface area contributed by atoms with Crippen LogP contribution in [0.5, 0.6) is 0 Å². The molecular formula is C10H23N3O. The number of carbonyl (C=O) groups excluding carboxylic acids is 1. The lowest BCUT2D eigenvalue weighted by Gasteiger charge is -2.20. The van der Waals surface area contributed by atoms with Crippen LogP contribution < -0.4 is 11.1 Å². The number of hydrogen-bond donors (Lipinski definition) is 2. The first-order valence-electron chi connectivity index (χ1n) is 5.28. The first kappa shape index (κ1) is 13.4. The van der Waals surface area contributed by atoms with Gasteiger partial charge in [-0.1, -0.05) is 13.3 Å². The van der Waals surface area contributed by atoms with Gasteiger partial charge in [0.25, 0.3) is 0 Å². The van der Waals surface area contributed by atoms with Gasteiger partial charge in [0.1, 0.15) is 0 Å². The second-order valence-corrected chi connectivity index (χ2v) is 3.61. The Morgan fingerprint density at radius 2 is 2.21 bits per heavy atom. The van der Waals surface area contributed by atoms with Crippen LogP contribution in [0.15, 0.2) is 0 Å². The SMILES string of the molecule is CCC[C@H](N)C(=O)N(C)CCCNC. The largest absolute Gasteiger partial charge is 0.344 e. The summed E-state index contributed by atoms with van der Waals surface area (Å²) >= 11 is 0. The molecule has 0 saturated carbocycles. The molecule has 0 spiro atoms. The van der Waals surface area contributed by atoms with Crippen molar-refractivity contribution in [3.8, 4) is 0 Å². The molecule has 0 aliphatic heterocycles. The molecule has 0 heterocycles. The van der Waals surface area contributed by atoms with Crippen LogP contribution in [0, 0.1) is 0 Å². The van der Waals surface area contributed by atoms with Crippen LogP contribution in [0.25, 0.3) is 0 Å². The van der Waals surface area contributed by atoms with Crippen LogP contribution in [0.3, 0.4) is 0 Å². The molecule has 4 nitrogen and oxygen atoms in total. The van der Waals surface area contributed by atoms with E-state index in [9.17, 15) is 4.79 Å². The quantitative estimate of drug-likeness (QED) is 0.578. The summed E-state index contributed by atoms with van der Waals surface area (Å²) in [5.41, 5.74) is 5.73. The van der Waals surface area contributed by atoms with Crippen LogP contribution in [0.2, 0.25) is 0 Å². The highest BCUT2D eigenvalue weighted by molar-refractivity contribution is 5.81. The molecule has 0 unspecified atom stereocenters. The molecule has 1 amide bonds. The van der Waals surface area contributed by atoms with E-state index in [-0.39, 0.29) is 11.9 Å². The molecule has 4 heteroatoms. The number of nitrogens with two attached hydrogens (primary N) is 1. The third-order valence-electron chi connectivity index (χ3n) is 2.21. The van der Waals surface area contributed by atoms with Crippen LogP contribution in [0.1, 0.15) is 26.2 Å². The third-order valence-corrected chi connectivity index (χ3v) is 2.21. The summed E-state index contributed by atoms with van der Waals surface area (Å²) in [5.74, 6) is 0.0583. The second kappa shape index (κ2) is 7.76. The number of rotatable bonds is 7. The van der Waals surface area contributed by atoms with E-state index in [1.807, 2.05) is 21.0 Å². The fraction of sp³-hybridized carbons (Fsp3) is 0.900. The molecule has 0 radical (unpaired) electrons. The third kappa shape index (κ3) is 5.19. The lowest BCUT2D eigenvalue weighted by molar-refractivity contribution is -0.131. The number of nitrogens with one attached hydrogen (secondary N) is 1. The maximum Gasteiger partial charge on any atom is 0.239 e. The Balaban J connectivity index is 3.74. The molecule has 0 aromatic heterocycles. The Hall–Kier alpha value is -0.610. The maximum atomic E-state index is 11.6. The van der Waals surface area contributed by atoms with Crippen molar-refractivity contribution in [3.63, 3.8) is 0 Å².